The summed E-state index contributed by atoms with van der Waals surface area (Å²) in [5.74, 6) is -0.103. The molecule has 0 spiro atoms. The van der Waals surface area contributed by atoms with E-state index in [4.69, 9.17) is 18.9 Å². The first kappa shape index (κ1) is 24.3. The van der Waals surface area contributed by atoms with E-state index in [1.165, 1.54) is 52.6 Å². The summed E-state index contributed by atoms with van der Waals surface area (Å²) in [6, 6.07) is 7.23. The minimum Gasteiger partial charge on any atom is -0.495 e. The van der Waals surface area contributed by atoms with E-state index >= 15 is 0 Å². The summed E-state index contributed by atoms with van der Waals surface area (Å²) >= 11 is 0. The molecule has 11 heteroatoms. The van der Waals surface area contributed by atoms with E-state index in [-0.39, 0.29) is 28.0 Å². The van der Waals surface area contributed by atoms with Crippen molar-refractivity contribution in [3.63, 3.8) is 0 Å². The highest BCUT2D eigenvalue weighted by molar-refractivity contribution is 7.89. The average molecular weight is 479 g/mol. The predicted octanol–water partition coefficient (Wildman–Crippen LogP) is 2.07. The number of rotatable bonds is 8. The number of esters is 1. The van der Waals surface area contributed by atoms with E-state index in [0.717, 1.165) is 9.87 Å². The topological polar surface area (TPSA) is 120 Å². The number of nitrogens with zero attached hydrogens (tertiary/aromatic N) is 1. The van der Waals surface area contributed by atoms with Crippen LogP contribution >= 0.6 is 0 Å². The molecule has 0 fully saturated rings. The van der Waals surface area contributed by atoms with Crippen molar-refractivity contribution in [2.75, 3.05) is 40.2 Å². The SMILES string of the molecule is COc1ccc(S(=O)(=O)N(C)C)cc1NC(=O)COC(=O)c1cc2c(c(OC)c1)O[C@@H](C)C2. The van der Waals surface area contributed by atoms with Crippen LogP contribution in [0.25, 0.3) is 0 Å². The van der Waals surface area contributed by atoms with Crippen LogP contribution in [-0.4, -0.2) is 65.6 Å². The van der Waals surface area contributed by atoms with E-state index < -0.39 is 28.5 Å². The Balaban J connectivity index is 1.71. The maximum absolute atomic E-state index is 12.5. The van der Waals surface area contributed by atoms with Crippen LogP contribution in [0.3, 0.4) is 0 Å². The average Bonchev–Trinajstić information content (AvgIpc) is 3.16. The lowest BCUT2D eigenvalue weighted by Crippen LogP contribution is -2.23. The lowest BCUT2D eigenvalue weighted by atomic mass is 10.1. The van der Waals surface area contributed by atoms with Crippen LogP contribution in [0.1, 0.15) is 22.8 Å². The predicted molar refractivity (Wildman–Crippen MR) is 120 cm³/mol. The van der Waals surface area contributed by atoms with Crippen molar-refractivity contribution in [3.8, 4) is 17.2 Å². The molecule has 0 saturated heterocycles. The van der Waals surface area contributed by atoms with Crippen LogP contribution in [0.15, 0.2) is 35.2 Å². The summed E-state index contributed by atoms with van der Waals surface area (Å²) in [7, 11) is 1.94. The number of carbonyl (C=O) groups is 2. The van der Waals surface area contributed by atoms with Gasteiger partial charge in [0, 0.05) is 26.1 Å². The smallest absolute Gasteiger partial charge is 0.338 e. The molecule has 33 heavy (non-hydrogen) atoms. The van der Waals surface area contributed by atoms with Crippen LogP contribution in [0, 0.1) is 0 Å². The zero-order valence-corrected chi connectivity index (χ0v) is 19.8. The minimum atomic E-state index is -3.72. The van der Waals surface area contributed by atoms with Gasteiger partial charge in [0.05, 0.1) is 30.4 Å². The van der Waals surface area contributed by atoms with E-state index in [9.17, 15) is 18.0 Å². The van der Waals surface area contributed by atoms with E-state index in [1.54, 1.807) is 6.07 Å². The Morgan fingerprint density at radius 3 is 2.45 bits per heavy atom. The number of sulfonamides is 1. The molecule has 10 nitrogen and oxygen atoms in total. The van der Waals surface area contributed by atoms with Crippen molar-refractivity contribution in [2.45, 2.75) is 24.3 Å². The number of hydrogen-bond acceptors (Lipinski definition) is 8. The van der Waals surface area contributed by atoms with Gasteiger partial charge in [0.1, 0.15) is 11.9 Å². The second-order valence-corrected chi connectivity index (χ2v) is 9.73. The second kappa shape index (κ2) is 9.67. The molecule has 0 bridgehead atoms. The highest BCUT2D eigenvalue weighted by Crippen LogP contribution is 2.39. The molecule has 1 heterocycles. The fourth-order valence-electron chi connectivity index (χ4n) is 3.32. The van der Waals surface area contributed by atoms with Crippen molar-refractivity contribution in [3.05, 3.63) is 41.5 Å². The second-order valence-electron chi connectivity index (χ2n) is 7.57. The molecule has 0 unspecified atom stereocenters. The van der Waals surface area contributed by atoms with Crippen LogP contribution in [-0.2, 0) is 26.0 Å². The quantitative estimate of drug-likeness (QED) is 0.573. The molecular formula is C22H26N2O8S. The van der Waals surface area contributed by atoms with Crippen molar-refractivity contribution in [2.24, 2.45) is 0 Å². The summed E-state index contributed by atoms with van der Waals surface area (Å²) in [5.41, 5.74) is 1.18. The summed E-state index contributed by atoms with van der Waals surface area (Å²) in [6.07, 6.45) is 0.590. The van der Waals surface area contributed by atoms with Gasteiger partial charge in [-0.1, -0.05) is 0 Å². The maximum Gasteiger partial charge on any atom is 0.338 e. The standard InChI is InChI=1S/C22H26N2O8S/c1-13-8-14-9-15(10-19(30-5)21(14)32-13)22(26)31-12-20(25)23-17-11-16(6-7-18(17)29-4)33(27,28)24(2)3/h6-7,9-11,13H,8,12H2,1-5H3,(H,23,25)/t13-/m0/s1. The van der Waals surface area contributed by atoms with E-state index in [0.29, 0.717) is 17.9 Å². The van der Waals surface area contributed by atoms with Gasteiger partial charge in [-0.05, 0) is 37.3 Å². The number of ether oxygens (including phenoxy) is 4. The highest BCUT2D eigenvalue weighted by atomic mass is 32.2. The van der Waals surface area contributed by atoms with Crippen LogP contribution in [0.4, 0.5) is 5.69 Å². The number of benzene rings is 2. The van der Waals surface area contributed by atoms with E-state index in [2.05, 4.69) is 5.32 Å². The lowest BCUT2D eigenvalue weighted by Gasteiger charge is -2.15. The Morgan fingerprint density at radius 1 is 1.12 bits per heavy atom. The van der Waals surface area contributed by atoms with Gasteiger partial charge in [0.15, 0.2) is 18.1 Å². The van der Waals surface area contributed by atoms with Gasteiger partial charge in [-0.25, -0.2) is 17.5 Å². The van der Waals surface area contributed by atoms with Crippen molar-refractivity contribution in [1.82, 2.24) is 4.31 Å². The zero-order valence-electron chi connectivity index (χ0n) is 19.0. The number of carbonyl (C=O) groups excluding carboxylic acids is 2. The molecule has 0 aromatic heterocycles. The van der Waals surface area contributed by atoms with Crippen LogP contribution < -0.4 is 19.5 Å². The fraction of sp³-hybridized carbons (Fsp3) is 0.364. The molecule has 1 amide bonds. The zero-order chi connectivity index (χ0) is 24.3. The number of methoxy groups -OCH3 is 2. The summed E-state index contributed by atoms with van der Waals surface area (Å²) < 4.78 is 47.1. The summed E-state index contributed by atoms with van der Waals surface area (Å²) in [6.45, 7) is 1.33. The molecule has 0 aliphatic carbocycles. The molecule has 0 saturated carbocycles. The van der Waals surface area contributed by atoms with Gasteiger partial charge in [0.25, 0.3) is 5.91 Å². The third-order valence-corrected chi connectivity index (χ3v) is 6.78. The molecule has 1 atom stereocenters. The van der Waals surface area contributed by atoms with Crippen LogP contribution in [0.2, 0.25) is 0 Å². The van der Waals surface area contributed by atoms with Gasteiger partial charge in [-0.15, -0.1) is 0 Å². The van der Waals surface area contributed by atoms with Gasteiger partial charge in [-0.3, -0.25) is 4.79 Å². The molecule has 1 aliphatic rings. The Kier molecular flexibility index (Phi) is 7.13. The highest BCUT2D eigenvalue weighted by Gasteiger charge is 2.26. The van der Waals surface area contributed by atoms with Gasteiger partial charge >= 0.3 is 5.97 Å². The first-order valence-electron chi connectivity index (χ1n) is 10.0. The first-order chi connectivity index (χ1) is 15.6. The Hall–Kier alpha value is -3.31. The molecule has 0 radical (unpaired) electrons. The van der Waals surface area contributed by atoms with Gasteiger partial charge < -0.3 is 24.3 Å². The summed E-state index contributed by atoms with van der Waals surface area (Å²) in [4.78, 5) is 24.9. The monoisotopic (exact) mass is 478 g/mol. The summed E-state index contributed by atoms with van der Waals surface area (Å²) in [5, 5.41) is 2.52. The molecule has 1 N–H and O–H groups in total. The van der Waals surface area contributed by atoms with Crippen molar-refractivity contribution < 1.29 is 37.0 Å². The largest absolute Gasteiger partial charge is 0.495 e. The molecule has 2 aromatic carbocycles. The third kappa shape index (κ3) is 5.20. The lowest BCUT2D eigenvalue weighted by molar-refractivity contribution is -0.119. The number of fused-ring (bicyclic) bond motifs is 1. The van der Waals surface area contributed by atoms with Crippen LogP contribution in [0.5, 0.6) is 17.2 Å². The molecule has 3 rings (SSSR count). The van der Waals surface area contributed by atoms with Crippen molar-refractivity contribution in [1.29, 1.82) is 0 Å². The third-order valence-electron chi connectivity index (χ3n) is 4.97. The molecule has 1 aliphatic heterocycles. The van der Waals surface area contributed by atoms with Crippen molar-refractivity contribution >= 4 is 27.6 Å². The molecule has 2 aromatic rings. The Morgan fingerprint density at radius 2 is 1.82 bits per heavy atom. The Labute approximate surface area is 192 Å². The molecular weight excluding hydrogens is 452 g/mol. The minimum absolute atomic E-state index is 0.0257. The maximum atomic E-state index is 12.5. The van der Waals surface area contributed by atoms with E-state index in [1.807, 2.05) is 6.92 Å². The number of amides is 1. The normalized spacial score (nSPS) is 14.9. The fourth-order valence-corrected chi connectivity index (χ4v) is 4.25. The molecule has 178 valence electrons. The van der Waals surface area contributed by atoms with Gasteiger partial charge in [-0.2, -0.15) is 0 Å². The first-order valence-corrected chi connectivity index (χ1v) is 11.5. The Bertz CT molecular complexity index is 1180. The van der Waals surface area contributed by atoms with Gasteiger partial charge in [0.2, 0.25) is 10.0 Å². The number of anilines is 1. The number of hydrogen-bond donors (Lipinski definition) is 1. The number of nitrogens with one attached hydrogen (secondary N) is 1.